The lowest BCUT2D eigenvalue weighted by atomic mass is 9.94. The Bertz CT molecular complexity index is 973. The van der Waals surface area contributed by atoms with Crippen molar-refractivity contribution in [3.05, 3.63) is 53.0 Å². The van der Waals surface area contributed by atoms with Crippen molar-refractivity contribution < 1.29 is 14.3 Å². The summed E-state index contributed by atoms with van der Waals surface area (Å²) in [6.45, 7) is 7.60. The number of esters is 1. The Morgan fingerprint density at radius 3 is 2.50 bits per heavy atom. The maximum Gasteiger partial charge on any atom is 0.338 e. The van der Waals surface area contributed by atoms with Gasteiger partial charge >= 0.3 is 5.97 Å². The van der Waals surface area contributed by atoms with Gasteiger partial charge in [-0.15, -0.1) is 0 Å². The van der Waals surface area contributed by atoms with Crippen molar-refractivity contribution in [2.45, 2.75) is 39.7 Å². The molecule has 4 rings (SSSR count). The summed E-state index contributed by atoms with van der Waals surface area (Å²) in [5.74, 6) is 0.178. The normalized spacial score (nSPS) is 18.6. The lowest BCUT2D eigenvalue weighted by molar-refractivity contribution is -0.139. The molecule has 2 aliphatic rings. The number of carbonyl (C=O) groups excluding carboxylic acids is 2. The van der Waals surface area contributed by atoms with Gasteiger partial charge in [-0.3, -0.25) is 4.79 Å². The molecule has 0 saturated carbocycles. The van der Waals surface area contributed by atoms with Crippen LogP contribution in [-0.4, -0.2) is 57.8 Å². The van der Waals surface area contributed by atoms with Gasteiger partial charge in [-0.05, 0) is 39.2 Å². The Kier molecular flexibility index (Phi) is 5.57. The molecule has 2 aromatic rings. The average Bonchev–Trinajstić information content (AvgIpc) is 3.42. The van der Waals surface area contributed by atoms with Crippen LogP contribution in [0.15, 0.2) is 41.9 Å². The van der Waals surface area contributed by atoms with Crippen LogP contribution in [0.3, 0.4) is 0 Å². The first kappa shape index (κ1) is 20.1. The Morgan fingerprint density at radius 2 is 1.83 bits per heavy atom. The van der Waals surface area contributed by atoms with Gasteiger partial charge in [0, 0.05) is 18.8 Å². The Labute approximate surface area is 176 Å². The summed E-state index contributed by atoms with van der Waals surface area (Å²) in [5.41, 5.74) is 3.20. The molecule has 0 radical (unpaired) electrons. The van der Waals surface area contributed by atoms with Crippen LogP contribution in [0.25, 0.3) is 0 Å². The fraction of sp³-hybridized carbons (Fsp3) is 0.455. The van der Waals surface area contributed by atoms with Gasteiger partial charge in [0.25, 0.3) is 0 Å². The topological polar surface area (TPSA) is 80.6 Å². The van der Waals surface area contributed by atoms with E-state index in [1.165, 1.54) is 6.33 Å². The number of amides is 1. The number of rotatable bonds is 5. The van der Waals surface area contributed by atoms with E-state index < -0.39 is 12.0 Å². The SMILES string of the molecule is CCOC(=O)C1=C(C)N(CC(=O)N2CCCC2)c2ncnn2[C@@H]1c1ccc(C)cc1. The first-order valence-corrected chi connectivity index (χ1v) is 10.4. The van der Waals surface area contributed by atoms with Crippen molar-refractivity contribution in [1.82, 2.24) is 19.7 Å². The maximum absolute atomic E-state index is 13.0. The first-order valence-electron chi connectivity index (χ1n) is 10.4. The van der Waals surface area contributed by atoms with Crippen LogP contribution < -0.4 is 4.90 Å². The molecule has 8 heteroatoms. The second-order valence-corrected chi connectivity index (χ2v) is 7.71. The second-order valence-electron chi connectivity index (χ2n) is 7.71. The summed E-state index contributed by atoms with van der Waals surface area (Å²) in [7, 11) is 0. The maximum atomic E-state index is 13.0. The molecular formula is C22H27N5O3. The molecule has 0 unspecified atom stereocenters. The van der Waals surface area contributed by atoms with Crippen molar-refractivity contribution in [2.24, 2.45) is 0 Å². The molecule has 1 saturated heterocycles. The largest absolute Gasteiger partial charge is 0.463 e. The predicted molar refractivity (Wildman–Crippen MR) is 112 cm³/mol. The van der Waals surface area contributed by atoms with E-state index in [2.05, 4.69) is 10.1 Å². The number of ether oxygens (including phenoxy) is 1. The molecule has 0 bridgehead atoms. The zero-order chi connectivity index (χ0) is 21.3. The molecule has 3 heterocycles. The van der Waals surface area contributed by atoms with E-state index in [1.54, 1.807) is 16.5 Å². The average molecular weight is 409 g/mol. The fourth-order valence-corrected chi connectivity index (χ4v) is 4.15. The van der Waals surface area contributed by atoms with Crippen LogP contribution in [0.1, 0.15) is 43.9 Å². The number of hydrogen-bond acceptors (Lipinski definition) is 6. The number of allylic oxidation sites excluding steroid dienone is 1. The molecule has 1 aromatic carbocycles. The minimum atomic E-state index is -0.458. The Morgan fingerprint density at radius 1 is 1.13 bits per heavy atom. The molecule has 0 aliphatic carbocycles. The molecule has 1 atom stereocenters. The molecular weight excluding hydrogens is 382 g/mol. The van der Waals surface area contributed by atoms with Gasteiger partial charge in [0.2, 0.25) is 11.9 Å². The van der Waals surface area contributed by atoms with Crippen LogP contribution in [0.2, 0.25) is 0 Å². The summed E-state index contributed by atoms with van der Waals surface area (Å²) >= 11 is 0. The Hall–Kier alpha value is -3.16. The summed E-state index contributed by atoms with van der Waals surface area (Å²) < 4.78 is 7.10. The number of aromatic nitrogens is 3. The molecule has 8 nitrogen and oxygen atoms in total. The van der Waals surface area contributed by atoms with Crippen LogP contribution in [0.5, 0.6) is 0 Å². The van der Waals surface area contributed by atoms with Crippen LogP contribution >= 0.6 is 0 Å². The monoisotopic (exact) mass is 409 g/mol. The minimum Gasteiger partial charge on any atom is -0.463 e. The number of aryl methyl sites for hydroxylation is 1. The van der Waals surface area contributed by atoms with Crippen molar-refractivity contribution in [3.8, 4) is 0 Å². The van der Waals surface area contributed by atoms with Gasteiger partial charge in [0.05, 0.1) is 12.2 Å². The van der Waals surface area contributed by atoms with Crippen LogP contribution in [-0.2, 0) is 14.3 Å². The quantitative estimate of drug-likeness (QED) is 0.706. The lowest BCUT2D eigenvalue weighted by Crippen LogP contribution is -2.43. The summed E-state index contributed by atoms with van der Waals surface area (Å²) in [5, 5.41) is 4.42. The van der Waals surface area contributed by atoms with Crippen molar-refractivity contribution in [1.29, 1.82) is 0 Å². The lowest BCUT2D eigenvalue weighted by Gasteiger charge is -2.35. The van der Waals surface area contributed by atoms with Gasteiger partial charge < -0.3 is 14.5 Å². The molecule has 2 aliphatic heterocycles. The fourth-order valence-electron chi connectivity index (χ4n) is 4.15. The third kappa shape index (κ3) is 3.58. The molecule has 0 N–H and O–H groups in total. The summed E-state index contributed by atoms with van der Waals surface area (Å²) in [4.78, 5) is 34.0. The van der Waals surface area contributed by atoms with E-state index in [9.17, 15) is 9.59 Å². The molecule has 1 amide bonds. The van der Waals surface area contributed by atoms with Crippen LogP contribution in [0.4, 0.5) is 5.95 Å². The van der Waals surface area contributed by atoms with Gasteiger partial charge in [0.1, 0.15) is 18.9 Å². The third-order valence-electron chi connectivity index (χ3n) is 5.75. The summed E-state index contributed by atoms with van der Waals surface area (Å²) in [6.07, 6.45) is 3.52. The molecule has 158 valence electrons. The van der Waals surface area contributed by atoms with E-state index in [0.717, 1.165) is 37.1 Å². The number of fused-ring (bicyclic) bond motifs is 1. The smallest absolute Gasteiger partial charge is 0.338 e. The van der Waals surface area contributed by atoms with E-state index in [4.69, 9.17) is 4.74 Å². The van der Waals surface area contributed by atoms with E-state index >= 15 is 0 Å². The standard InChI is InChI=1S/C22H27N5O3/c1-4-30-21(29)19-16(3)26(13-18(28)25-11-5-6-12-25)22-23-14-24-27(22)20(19)17-9-7-15(2)8-10-17/h7-10,14,20H,4-6,11-13H2,1-3H3/t20-/m1/s1. The Balaban J connectivity index is 1.78. The number of benzene rings is 1. The number of anilines is 1. The summed E-state index contributed by atoms with van der Waals surface area (Å²) in [6, 6.07) is 7.53. The molecule has 0 spiro atoms. The van der Waals surface area contributed by atoms with E-state index in [1.807, 2.05) is 43.0 Å². The van der Waals surface area contributed by atoms with Gasteiger partial charge in [0.15, 0.2) is 0 Å². The van der Waals surface area contributed by atoms with Crippen molar-refractivity contribution in [3.63, 3.8) is 0 Å². The number of nitrogens with zero attached hydrogens (tertiary/aromatic N) is 5. The molecule has 1 aromatic heterocycles. The number of carbonyl (C=O) groups is 2. The van der Waals surface area contributed by atoms with Gasteiger partial charge in [-0.1, -0.05) is 29.8 Å². The van der Waals surface area contributed by atoms with Gasteiger partial charge in [-0.2, -0.15) is 10.1 Å². The number of hydrogen-bond donors (Lipinski definition) is 0. The van der Waals surface area contributed by atoms with E-state index in [-0.39, 0.29) is 19.1 Å². The number of likely N-dealkylation sites (tertiary alicyclic amines) is 1. The van der Waals surface area contributed by atoms with Crippen molar-refractivity contribution in [2.75, 3.05) is 31.1 Å². The van der Waals surface area contributed by atoms with Crippen LogP contribution in [0, 0.1) is 6.92 Å². The third-order valence-corrected chi connectivity index (χ3v) is 5.75. The van der Waals surface area contributed by atoms with E-state index in [0.29, 0.717) is 17.2 Å². The first-order chi connectivity index (χ1) is 14.5. The highest BCUT2D eigenvalue weighted by Crippen LogP contribution is 2.38. The zero-order valence-electron chi connectivity index (χ0n) is 17.7. The molecule has 30 heavy (non-hydrogen) atoms. The predicted octanol–water partition coefficient (Wildman–Crippen LogP) is 2.46. The van der Waals surface area contributed by atoms with Crippen molar-refractivity contribution >= 4 is 17.8 Å². The molecule has 1 fully saturated rings. The highest BCUT2D eigenvalue weighted by atomic mass is 16.5. The van der Waals surface area contributed by atoms with Gasteiger partial charge in [-0.25, -0.2) is 9.48 Å². The highest BCUT2D eigenvalue weighted by Gasteiger charge is 2.39. The second kappa shape index (κ2) is 8.30. The highest BCUT2D eigenvalue weighted by molar-refractivity contribution is 5.93. The minimum absolute atomic E-state index is 0.0263. The zero-order valence-corrected chi connectivity index (χ0v) is 17.7.